The third-order valence-corrected chi connectivity index (χ3v) is 7.04. The number of ether oxygens (including phenoxy) is 1. The minimum atomic E-state index is -3.57. The number of carbonyl (C=O) groups is 1. The normalized spacial score (nSPS) is 28.3. The van der Waals surface area contributed by atoms with Crippen molar-refractivity contribution in [2.45, 2.75) is 37.0 Å². The van der Waals surface area contributed by atoms with Gasteiger partial charge in [-0.25, -0.2) is 13.1 Å². The number of anilines is 1. The lowest BCUT2D eigenvalue weighted by Crippen LogP contribution is -2.28. The van der Waals surface area contributed by atoms with Gasteiger partial charge in [-0.1, -0.05) is 6.42 Å². The number of carbonyl (C=O) groups excluding carboxylic acids is 1. The van der Waals surface area contributed by atoms with Crippen LogP contribution in [0, 0.1) is 17.8 Å². The molecule has 0 aromatic heterocycles. The standard InChI is InChI=1S/C17H22N2O4S/c20-17-10-23-16-4-3-14(9-15(16)19-17)24(21,22)18-6-5-13-8-11-1-2-12(13)7-11/h3-4,9,11-13,18H,1-2,5-8,10H2,(H,19,20). The Labute approximate surface area is 142 Å². The molecule has 130 valence electrons. The lowest BCUT2D eigenvalue weighted by atomic mass is 9.86. The lowest BCUT2D eigenvalue weighted by Gasteiger charge is -2.21. The number of sulfonamides is 1. The molecule has 2 aliphatic carbocycles. The average molecular weight is 350 g/mol. The lowest BCUT2D eigenvalue weighted by molar-refractivity contribution is -0.118. The summed E-state index contributed by atoms with van der Waals surface area (Å²) in [5.41, 5.74) is 0.405. The number of hydrogen-bond acceptors (Lipinski definition) is 4. The Morgan fingerprint density at radius 3 is 2.88 bits per heavy atom. The second kappa shape index (κ2) is 6.04. The summed E-state index contributed by atoms with van der Waals surface area (Å²) in [7, 11) is -3.57. The molecule has 2 N–H and O–H groups in total. The van der Waals surface area contributed by atoms with Crippen LogP contribution >= 0.6 is 0 Å². The van der Waals surface area contributed by atoms with E-state index >= 15 is 0 Å². The number of fused-ring (bicyclic) bond motifs is 3. The van der Waals surface area contributed by atoms with Crippen LogP contribution < -0.4 is 14.8 Å². The molecule has 4 rings (SSSR count). The number of hydrogen-bond donors (Lipinski definition) is 2. The van der Waals surface area contributed by atoms with E-state index in [1.165, 1.54) is 37.8 Å². The molecule has 6 nitrogen and oxygen atoms in total. The first-order valence-electron chi connectivity index (χ1n) is 8.57. The van der Waals surface area contributed by atoms with E-state index in [2.05, 4.69) is 10.0 Å². The molecule has 2 fully saturated rings. The molecule has 3 unspecified atom stereocenters. The Hall–Kier alpha value is -1.60. The van der Waals surface area contributed by atoms with Crippen molar-refractivity contribution >= 4 is 21.6 Å². The van der Waals surface area contributed by atoms with E-state index in [0.29, 0.717) is 23.9 Å². The topological polar surface area (TPSA) is 84.5 Å². The summed E-state index contributed by atoms with van der Waals surface area (Å²) in [6.45, 7) is 0.428. The van der Waals surface area contributed by atoms with Gasteiger partial charge in [-0.3, -0.25) is 4.79 Å². The highest BCUT2D eigenvalue weighted by molar-refractivity contribution is 7.89. The highest BCUT2D eigenvalue weighted by atomic mass is 32.2. The van der Waals surface area contributed by atoms with E-state index in [0.717, 1.165) is 18.3 Å². The van der Waals surface area contributed by atoms with Gasteiger partial charge >= 0.3 is 0 Å². The highest BCUT2D eigenvalue weighted by Gasteiger charge is 2.38. The van der Waals surface area contributed by atoms with E-state index in [9.17, 15) is 13.2 Å². The average Bonchev–Trinajstić information content (AvgIpc) is 3.17. The maximum absolute atomic E-state index is 12.5. The third kappa shape index (κ3) is 3.02. The molecular formula is C17H22N2O4S. The monoisotopic (exact) mass is 350 g/mol. The van der Waals surface area contributed by atoms with E-state index in [-0.39, 0.29) is 17.4 Å². The van der Waals surface area contributed by atoms with Gasteiger partial charge in [-0.05, 0) is 61.6 Å². The Morgan fingerprint density at radius 2 is 2.12 bits per heavy atom. The fourth-order valence-electron chi connectivity index (χ4n) is 4.42. The zero-order valence-corrected chi connectivity index (χ0v) is 14.3. The summed E-state index contributed by atoms with van der Waals surface area (Å²) in [6.07, 6.45) is 6.17. The minimum absolute atomic E-state index is 0.0408. The molecule has 1 aromatic carbocycles. The van der Waals surface area contributed by atoms with Gasteiger partial charge < -0.3 is 10.1 Å². The number of benzene rings is 1. The molecule has 1 aromatic rings. The van der Waals surface area contributed by atoms with Crippen LogP contribution in [0.5, 0.6) is 5.75 Å². The molecule has 0 radical (unpaired) electrons. The molecule has 2 bridgehead atoms. The van der Waals surface area contributed by atoms with Crippen LogP contribution in [0.25, 0.3) is 0 Å². The van der Waals surface area contributed by atoms with Crippen molar-refractivity contribution in [1.82, 2.24) is 4.72 Å². The fourth-order valence-corrected chi connectivity index (χ4v) is 5.49. The second-order valence-electron chi connectivity index (χ2n) is 7.12. The van der Waals surface area contributed by atoms with Crippen LogP contribution in [-0.2, 0) is 14.8 Å². The smallest absolute Gasteiger partial charge is 0.262 e. The number of amides is 1. The van der Waals surface area contributed by atoms with E-state index in [1.54, 1.807) is 6.07 Å². The minimum Gasteiger partial charge on any atom is -0.482 e. The van der Waals surface area contributed by atoms with Crippen molar-refractivity contribution < 1.29 is 17.9 Å². The first-order chi connectivity index (χ1) is 11.5. The first-order valence-corrected chi connectivity index (χ1v) is 10.1. The molecule has 7 heteroatoms. The van der Waals surface area contributed by atoms with E-state index in [1.807, 2.05) is 0 Å². The van der Waals surface area contributed by atoms with Crippen molar-refractivity contribution in [1.29, 1.82) is 0 Å². The quantitative estimate of drug-likeness (QED) is 0.852. The van der Waals surface area contributed by atoms with Crippen LogP contribution in [0.4, 0.5) is 5.69 Å². The van der Waals surface area contributed by atoms with Gasteiger partial charge in [0.05, 0.1) is 10.6 Å². The maximum atomic E-state index is 12.5. The molecule has 1 amide bonds. The SMILES string of the molecule is O=C1COc2ccc(S(=O)(=O)NCCC3CC4CCC3C4)cc2N1. The van der Waals surface area contributed by atoms with E-state index < -0.39 is 10.0 Å². The molecule has 1 heterocycles. The third-order valence-electron chi connectivity index (χ3n) is 5.59. The molecule has 3 atom stereocenters. The molecule has 1 aliphatic heterocycles. The molecular weight excluding hydrogens is 328 g/mol. The Morgan fingerprint density at radius 1 is 1.25 bits per heavy atom. The fraction of sp³-hybridized carbons (Fsp3) is 0.588. The molecule has 3 aliphatic rings. The van der Waals surface area contributed by atoms with Crippen LogP contribution in [0.15, 0.2) is 23.1 Å². The molecule has 24 heavy (non-hydrogen) atoms. The summed E-state index contributed by atoms with van der Waals surface area (Å²) >= 11 is 0. The molecule has 0 spiro atoms. The van der Waals surface area contributed by atoms with Gasteiger partial charge in [0.15, 0.2) is 6.61 Å². The predicted molar refractivity (Wildman–Crippen MR) is 89.3 cm³/mol. The Balaban J connectivity index is 1.39. The zero-order valence-electron chi connectivity index (χ0n) is 13.5. The van der Waals surface area contributed by atoms with Crippen molar-refractivity contribution in [3.05, 3.63) is 18.2 Å². The van der Waals surface area contributed by atoms with Crippen molar-refractivity contribution in [3.63, 3.8) is 0 Å². The summed E-state index contributed by atoms with van der Waals surface area (Å²) in [5, 5.41) is 2.64. The summed E-state index contributed by atoms with van der Waals surface area (Å²) in [5.74, 6) is 2.57. The summed E-state index contributed by atoms with van der Waals surface area (Å²) in [6, 6.07) is 4.54. The van der Waals surface area contributed by atoms with Gasteiger partial charge in [-0.2, -0.15) is 0 Å². The number of rotatable bonds is 5. The molecule has 2 saturated carbocycles. The van der Waals surface area contributed by atoms with Gasteiger partial charge in [0, 0.05) is 6.54 Å². The van der Waals surface area contributed by atoms with Crippen LogP contribution in [0.1, 0.15) is 32.1 Å². The van der Waals surface area contributed by atoms with Gasteiger partial charge in [-0.15, -0.1) is 0 Å². The second-order valence-corrected chi connectivity index (χ2v) is 8.88. The maximum Gasteiger partial charge on any atom is 0.262 e. The van der Waals surface area contributed by atoms with Gasteiger partial charge in [0.2, 0.25) is 10.0 Å². The van der Waals surface area contributed by atoms with Crippen LogP contribution in [0.3, 0.4) is 0 Å². The van der Waals surface area contributed by atoms with Crippen molar-refractivity contribution in [3.8, 4) is 5.75 Å². The van der Waals surface area contributed by atoms with Crippen LogP contribution in [0.2, 0.25) is 0 Å². The Kier molecular flexibility index (Phi) is 4.00. The predicted octanol–water partition coefficient (Wildman–Crippen LogP) is 2.12. The number of nitrogens with one attached hydrogen (secondary N) is 2. The van der Waals surface area contributed by atoms with Crippen molar-refractivity contribution in [2.24, 2.45) is 17.8 Å². The first kappa shape index (κ1) is 15.9. The summed E-state index contributed by atoms with van der Waals surface area (Å²) < 4.78 is 32.9. The highest BCUT2D eigenvalue weighted by Crippen LogP contribution is 2.49. The van der Waals surface area contributed by atoms with Gasteiger partial charge in [0.1, 0.15) is 5.75 Å². The zero-order chi connectivity index (χ0) is 16.7. The van der Waals surface area contributed by atoms with Crippen molar-refractivity contribution in [2.75, 3.05) is 18.5 Å². The molecule has 0 saturated heterocycles. The summed E-state index contributed by atoms with van der Waals surface area (Å²) in [4.78, 5) is 11.5. The Bertz CT molecular complexity index is 762. The van der Waals surface area contributed by atoms with E-state index in [4.69, 9.17) is 4.74 Å². The largest absolute Gasteiger partial charge is 0.482 e. The van der Waals surface area contributed by atoms with Gasteiger partial charge in [0.25, 0.3) is 5.91 Å². The van der Waals surface area contributed by atoms with Crippen LogP contribution in [-0.4, -0.2) is 27.5 Å².